The SMILES string of the molecule is COC(=O)c1ccc(CC(C)CC(C)(C)C)cc1. The molecule has 0 fully saturated rings. The predicted octanol–water partition coefficient (Wildman–Crippen LogP) is 4.09. The average Bonchev–Trinajstić information content (AvgIpc) is 2.26. The van der Waals surface area contributed by atoms with Crippen LogP contribution in [0.25, 0.3) is 0 Å². The minimum atomic E-state index is -0.274. The highest BCUT2D eigenvalue weighted by Gasteiger charge is 2.15. The van der Waals surface area contributed by atoms with Gasteiger partial charge in [0.1, 0.15) is 0 Å². The lowest BCUT2D eigenvalue weighted by Crippen LogP contribution is -2.12. The van der Waals surface area contributed by atoms with Gasteiger partial charge in [0.25, 0.3) is 0 Å². The Balaban J connectivity index is 2.61. The van der Waals surface area contributed by atoms with E-state index in [2.05, 4.69) is 32.4 Å². The molecule has 1 aromatic carbocycles. The van der Waals surface area contributed by atoms with E-state index in [4.69, 9.17) is 0 Å². The van der Waals surface area contributed by atoms with Crippen molar-refractivity contribution in [2.75, 3.05) is 7.11 Å². The molecule has 0 saturated carbocycles. The third-order valence-corrected chi connectivity index (χ3v) is 2.92. The van der Waals surface area contributed by atoms with Gasteiger partial charge in [-0.2, -0.15) is 0 Å². The topological polar surface area (TPSA) is 26.3 Å². The summed E-state index contributed by atoms with van der Waals surface area (Å²) in [7, 11) is 1.40. The lowest BCUT2D eigenvalue weighted by atomic mass is 9.83. The molecule has 0 heterocycles. The number of carbonyl (C=O) groups is 1. The second-order valence-corrected chi connectivity index (χ2v) is 6.26. The zero-order valence-corrected chi connectivity index (χ0v) is 12.1. The van der Waals surface area contributed by atoms with Gasteiger partial charge < -0.3 is 4.74 Å². The molecule has 0 aliphatic carbocycles. The van der Waals surface area contributed by atoms with Crippen molar-refractivity contribution < 1.29 is 9.53 Å². The zero-order valence-electron chi connectivity index (χ0n) is 12.1. The highest BCUT2D eigenvalue weighted by atomic mass is 16.5. The Labute approximate surface area is 110 Å². The van der Waals surface area contributed by atoms with Gasteiger partial charge in [-0.05, 0) is 41.9 Å². The van der Waals surface area contributed by atoms with Gasteiger partial charge in [-0.25, -0.2) is 4.79 Å². The standard InChI is InChI=1S/C16H24O2/c1-12(11-16(2,3)4)10-13-6-8-14(9-7-13)15(17)18-5/h6-9,12H,10-11H2,1-5H3. The average molecular weight is 248 g/mol. The van der Waals surface area contributed by atoms with E-state index >= 15 is 0 Å². The Bertz CT molecular complexity index is 385. The van der Waals surface area contributed by atoms with Crippen molar-refractivity contribution in [2.45, 2.75) is 40.5 Å². The van der Waals surface area contributed by atoms with Crippen LogP contribution in [0.15, 0.2) is 24.3 Å². The summed E-state index contributed by atoms with van der Waals surface area (Å²) in [5.41, 5.74) is 2.26. The predicted molar refractivity (Wildman–Crippen MR) is 74.7 cm³/mol. The highest BCUT2D eigenvalue weighted by molar-refractivity contribution is 5.89. The first kappa shape index (κ1) is 14.7. The Morgan fingerprint density at radius 3 is 2.22 bits per heavy atom. The summed E-state index contributed by atoms with van der Waals surface area (Å²) in [6.07, 6.45) is 2.25. The van der Waals surface area contributed by atoms with E-state index < -0.39 is 0 Å². The van der Waals surface area contributed by atoms with Crippen LogP contribution in [-0.4, -0.2) is 13.1 Å². The van der Waals surface area contributed by atoms with E-state index in [1.807, 2.05) is 24.3 Å². The van der Waals surface area contributed by atoms with Crippen LogP contribution in [0.4, 0.5) is 0 Å². The Morgan fingerprint density at radius 1 is 1.22 bits per heavy atom. The maximum Gasteiger partial charge on any atom is 0.337 e. The number of methoxy groups -OCH3 is 1. The van der Waals surface area contributed by atoms with E-state index in [0.717, 1.165) is 6.42 Å². The molecule has 0 saturated heterocycles. The second-order valence-electron chi connectivity index (χ2n) is 6.26. The first-order valence-corrected chi connectivity index (χ1v) is 6.49. The molecule has 2 nitrogen and oxygen atoms in total. The third-order valence-electron chi connectivity index (χ3n) is 2.92. The molecular formula is C16H24O2. The lowest BCUT2D eigenvalue weighted by Gasteiger charge is -2.23. The monoisotopic (exact) mass is 248 g/mol. The molecule has 0 aromatic heterocycles. The molecule has 1 aromatic rings. The number of rotatable bonds is 4. The molecular weight excluding hydrogens is 224 g/mol. The largest absolute Gasteiger partial charge is 0.465 e. The lowest BCUT2D eigenvalue weighted by molar-refractivity contribution is 0.0600. The van der Waals surface area contributed by atoms with Gasteiger partial charge >= 0.3 is 5.97 Å². The van der Waals surface area contributed by atoms with Crippen LogP contribution in [0.1, 0.15) is 50.0 Å². The van der Waals surface area contributed by atoms with Gasteiger partial charge in [0, 0.05) is 0 Å². The minimum Gasteiger partial charge on any atom is -0.465 e. The summed E-state index contributed by atoms with van der Waals surface area (Å²) in [5, 5.41) is 0. The molecule has 1 rings (SSSR count). The number of ether oxygens (including phenoxy) is 1. The third kappa shape index (κ3) is 4.91. The van der Waals surface area contributed by atoms with Gasteiger partial charge in [0.05, 0.1) is 12.7 Å². The molecule has 0 N–H and O–H groups in total. The Kier molecular flexibility index (Phi) is 4.94. The minimum absolute atomic E-state index is 0.274. The molecule has 2 heteroatoms. The van der Waals surface area contributed by atoms with Gasteiger partial charge in [0.15, 0.2) is 0 Å². The maximum atomic E-state index is 11.3. The molecule has 0 aliphatic heterocycles. The summed E-state index contributed by atoms with van der Waals surface area (Å²) in [5.74, 6) is 0.373. The van der Waals surface area contributed by atoms with Crippen molar-refractivity contribution in [1.29, 1.82) is 0 Å². The van der Waals surface area contributed by atoms with Crippen molar-refractivity contribution in [3.8, 4) is 0 Å². The molecule has 0 bridgehead atoms. The summed E-state index contributed by atoms with van der Waals surface area (Å²) in [4.78, 5) is 11.3. The van der Waals surface area contributed by atoms with Gasteiger partial charge in [-0.3, -0.25) is 0 Å². The van der Waals surface area contributed by atoms with E-state index in [-0.39, 0.29) is 5.97 Å². The van der Waals surface area contributed by atoms with Crippen LogP contribution in [0.5, 0.6) is 0 Å². The molecule has 100 valence electrons. The first-order valence-electron chi connectivity index (χ1n) is 6.49. The number of benzene rings is 1. The molecule has 0 aliphatic rings. The fourth-order valence-corrected chi connectivity index (χ4v) is 2.41. The Morgan fingerprint density at radius 2 is 1.78 bits per heavy atom. The summed E-state index contributed by atoms with van der Waals surface area (Å²) >= 11 is 0. The van der Waals surface area contributed by atoms with Crippen molar-refractivity contribution in [3.05, 3.63) is 35.4 Å². The molecule has 1 unspecified atom stereocenters. The van der Waals surface area contributed by atoms with E-state index in [1.54, 1.807) is 0 Å². The van der Waals surface area contributed by atoms with E-state index in [9.17, 15) is 4.79 Å². The summed E-state index contributed by atoms with van der Waals surface area (Å²) < 4.78 is 4.68. The number of hydrogen-bond acceptors (Lipinski definition) is 2. The summed E-state index contributed by atoms with van der Waals surface area (Å²) in [6.45, 7) is 9.08. The number of hydrogen-bond donors (Lipinski definition) is 0. The quantitative estimate of drug-likeness (QED) is 0.750. The zero-order chi connectivity index (χ0) is 13.8. The van der Waals surface area contributed by atoms with Crippen molar-refractivity contribution in [2.24, 2.45) is 11.3 Å². The van der Waals surface area contributed by atoms with Crippen molar-refractivity contribution >= 4 is 5.97 Å². The van der Waals surface area contributed by atoms with Crippen molar-refractivity contribution in [3.63, 3.8) is 0 Å². The van der Waals surface area contributed by atoms with E-state index in [0.29, 0.717) is 16.9 Å². The first-order chi connectivity index (χ1) is 8.31. The molecule has 18 heavy (non-hydrogen) atoms. The maximum absolute atomic E-state index is 11.3. The normalized spacial score (nSPS) is 13.2. The van der Waals surface area contributed by atoms with Gasteiger partial charge in [-0.1, -0.05) is 39.8 Å². The summed E-state index contributed by atoms with van der Waals surface area (Å²) in [6, 6.07) is 7.72. The van der Waals surface area contributed by atoms with Crippen molar-refractivity contribution in [1.82, 2.24) is 0 Å². The molecule has 0 radical (unpaired) electrons. The number of esters is 1. The van der Waals surface area contributed by atoms with Crippen LogP contribution in [0, 0.1) is 11.3 Å². The fraction of sp³-hybridized carbons (Fsp3) is 0.562. The smallest absolute Gasteiger partial charge is 0.337 e. The van der Waals surface area contributed by atoms with Crippen LogP contribution in [0.2, 0.25) is 0 Å². The molecule has 0 amide bonds. The van der Waals surface area contributed by atoms with Crippen LogP contribution >= 0.6 is 0 Å². The van der Waals surface area contributed by atoms with Crippen LogP contribution < -0.4 is 0 Å². The van der Waals surface area contributed by atoms with E-state index in [1.165, 1.54) is 19.1 Å². The highest BCUT2D eigenvalue weighted by Crippen LogP contribution is 2.26. The number of carbonyl (C=O) groups excluding carboxylic acids is 1. The fourth-order valence-electron chi connectivity index (χ4n) is 2.41. The van der Waals surface area contributed by atoms with Crippen LogP contribution in [-0.2, 0) is 11.2 Å². The Hall–Kier alpha value is -1.31. The molecule has 0 spiro atoms. The molecule has 1 atom stereocenters. The van der Waals surface area contributed by atoms with Gasteiger partial charge in [-0.15, -0.1) is 0 Å². The second kappa shape index (κ2) is 6.03. The van der Waals surface area contributed by atoms with Gasteiger partial charge in [0.2, 0.25) is 0 Å². The van der Waals surface area contributed by atoms with Crippen LogP contribution in [0.3, 0.4) is 0 Å².